The highest BCUT2D eigenvalue weighted by Gasteiger charge is 2.41. The van der Waals surface area contributed by atoms with Crippen molar-refractivity contribution in [1.29, 1.82) is 0 Å². The van der Waals surface area contributed by atoms with Crippen LogP contribution in [0.3, 0.4) is 0 Å². The summed E-state index contributed by atoms with van der Waals surface area (Å²) < 4.78 is 9.23. The second kappa shape index (κ2) is 16.9. The van der Waals surface area contributed by atoms with Gasteiger partial charge in [0.2, 0.25) is 5.56 Å². The van der Waals surface area contributed by atoms with Crippen LogP contribution in [0.1, 0.15) is 56.4 Å². The van der Waals surface area contributed by atoms with Gasteiger partial charge in [-0.2, -0.15) is 0 Å². The van der Waals surface area contributed by atoms with Gasteiger partial charge in [-0.25, -0.2) is 4.79 Å². The number of nitrogens with one attached hydrogen (secondary N) is 2. The summed E-state index contributed by atoms with van der Waals surface area (Å²) in [5.41, 5.74) is 7.01. The maximum Gasteiger partial charge on any atom is 0.412 e. The minimum Gasteiger partial charge on any atom is -0.506 e. The number of aromatic hydroxyl groups is 1. The first-order chi connectivity index (χ1) is 28.8. The molecule has 3 fully saturated rings. The van der Waals surface area contributed by atoms with E-state index < -0.39 is 14.4 Å². The summed E-state index contributed by atoms with van der Waals surface area (Å²) in [4.78, 5) is 32.1. The molecule has 3 aliphatic rings. The lowest BCUT2D eigenvalue weighted by atomic mass is 9.82. The Bertz CT molecular complexity index is 2590. The van der Waals surface area contributed by atoms with Crippen LogP contribution in [0.25, 0.3) is 39.0 Å². The van der Waals surface area contributed by atoms with Gasteiger partial charge in [-0.1, -0.05) is 87.5 Å². The molecule has 0 unspecified atom stereocenters. The number of phenolic OH excluding ortho intramolecular Hbond substituents is 1. The molecule has 2 aromatic heterocycles. The Kier molecular flexibility index (Phi) is 11.6. The van der Waals surface area contributed by atoms with Crippen LogP contribution in [0.4, 0.5) is 10.5 Å². The fourth-order valence-electron chi connectivity index (χ4n) is 8.82. The number of hydrogen-bond donors (Lipinski definition) is 4. The molecule has 312 valence electrons. The number of anilines is 1. The van der Waals surface area contributed by atoms with Crippen molar-refractivity contribution >= 4 is 48.0 Å². The van der Waals surface area contributed by atoms with E-state index in [9.17, 15) is 19.8 Å². The Morgan fingerprint density at radius 2 is 1.78 bits per heavy atom. The number of piperidine rings is 3. The first-order valence-electron chi connectivity index (χ1n) is 21.2. The number of nitrogens with zero attached hydrogens (tertiary/aromatic N) is 3. The Morgan fingerprint density at radius 1 is 1.00 bits per heavy atom. The average molecular weight is 824 g/mol. The molecule has 0 saturated carbocycles. The zero-order chi connectivity index (χ0) is 42.2. The monoisotopic (exact) mass is 823 g/mol. The molecule has 4 aromatic carbocycles. The molecule has 0 radical (unpaired) electrons. The Morgan fingerprint density at radius 3 is 2.50 bits per heavy atom. The predicted octanol–water partition coefficient (Wildman–Crippen LogP) is 10.0. The molecule has 0 aliphatic carbocycles. The van der Waals surface area contributed by atoms with Gasteiger partial charge in [0.05, 0.1) is 23.3 Å². The van der Waals surface area contributed by atoms with Gasteiger partial charge in [-0.3, -0.25) is 9.69 Å². The zero-order valence-corrected chi connectivity index (χ0v) is 36.3. The van der Waals surface area contributed by atoms with Gasteiger partial charge in [0.1, 0.15) is 5.75 Å². The largest absolute Gasteiger partial charge is 0.506 e. The van der Waals surface area contributed by atoms with E-state index in [-0.39, 0.29) is 28.5 Å². The molecule has 2 bridgehead atoms. The van der Waals surface area contributed by atoms with E-state index >= 15 is 0 Å². The Labute approximate surface area is 353 Å². The maximum absolute atomic E-state index is 13.0. The van der Waals surface area contributed by atoms with E-state index in [4.69, 9.17) is 4.43 Å². The Balaban J connectivity index is 0.984. The quantitative estimate of drug-likeness (QED) is 0.0856. The van der Waals surface area contributed by atoms with Crippen LogP contribution in [0.2, 0.25) is 18.1 Å². The number of phenols is 1. The topological polar surface area (TPSA) is 123 Å². The predicted molar refractivity (Wildman–Crippen MR) is 245 cm³/mol. The number of fused-ring (bicyclic) bond motifs is 5. The number of hydrogen-bond acceptors (Lipinski definition) is 6. The smallest absolute Gasteiger partial charge is 0.412 e. The van der Waals surface area contributed by atoms with Crippen molar-refractivity contribution in [2.24, 2.45) is 5.92 Å². The van der Waals surface area contributed by atoms with E-state index in [0.717, 1.165) is 82.3 Å². The van der Waals surface area contributed by atoms with Gasteiger partial charge in [0.15, 0.2) is 8.32 Å². The number of rotatable bonds is 13. The number of allylic oxidation sites excluding steroid dienone is 1. The molecular weight excluding hydrogens is 767 g/mol. The molecule has 4 N–H and O–H groups in total. The van der Waals surface area contributed by atoms with Crippen LogP contribution in [0, 0.1) is 5.92 Å². The molecule has 10 nitrogen and oxygen atoms in total. The van der Waals surface area contributed by atoms with E-state index in [2.05, 4.69) is 121 Å². The van der Waals surface area contributed by atoms with Crippen molar-refractivity contribution in [3.05, 3.63) is 136 Å². The summed E-state index contributed by atoms with van der Waals surface area (Å²) >= 11 is 0. The normalized spacial score (nSPS) is 18.7. The minimum absolute atomic E-state index is 0.00989. The van der Waals surface area contributed by atoms with Gasteiger partial charge < -0.3 is 34.4 Å². The third-order valence-electron chi connectivity index (χ3n) is 13.1. The van der Waals surface area contributed by atoms with Crippen molar-refractivity contribution in [2.75, 3.05) is 31.1 Å². The van der Waals surface area contributed by atoms with Gasteiger partial charge in [-0.15, -0.1) is 0 Å². The second-order valence-electron chi connectivity index (χ2n) is 18.0. The lowest BCUT2D eigenvalue weighted by Gasteiger charge is -2.48. The molecule has 6 aromatic rings. The summed E-state index contributed by atoms with van der Waals surface area (Å²) in [6.07, 6.45) is 7.22. The summed E-state index contributed by atoms with van der Waals surface area (Å²) in [5.74, 6) is 0.403. The number of amides is 1. The van der Waals surface area contributed by atoms with E-state index in [1.165, 1.54) is 6.07 Å². The highest BCUT2D eigenvalue weighted by Crippen LogP contribution is 2.42. The molecule has 9 rings (SSSR count). The number of carboxylic acid groups (broad SMARTS) is 1. The van der Waals surface area contributed by atoms with Gasteiger partial charge in [-0.05, 0) is 114 Å². The molecule has 60 heavy (non-hydrogen) atoms. The number of aromatic nitrogens is 2. The number of carbonyl (C=O) groups is 1. The first-order valence-corrected chi connectivity index (χ1v) is 24.1. The molecule has 3 saturated heterocycles. The highest BCUT2D eigenvalue weighted by atomic mass is 28.4. The van der Waals surface area contributed by atoms with Crippen molar-refractivity contribution in [3.8, 4) is 16.9 Å². The molecule has 3 aliphatic heterocycles. The number of benzene rings is 4. The van der Waals surface area contributed by atoms with Crippen LogP contribution in [0.5, 0.6) is 5.75 Å². The lowest BCUT2D eigenvalue weighted by Crippen LogP contribution is -2.59. The van der Waals surface area contributed by atoms with Crippen LogP contribution >= 0.6 is 0 Å². The van der Waals surface area contributed by atoms with E-state index in [1.807, 2.05) is 30.3 Å². The van der Waals surface area contributed by atoms with Crippen molar-refractivity contribution in [1.82, 2.24) is 19.8 Å². The fourth-order valence-corrected chi connectivity index (χ4v) is 10.1. The summed E-state index contributed by atoms with van der Waals surface area (Å²) in [6.45, 7) is 15.9. The average Bonchev–Trinajstić information content (AvgIpc) is 3.63. The number of H-pyrrole nitrogens is 1. The maximum atomic E-state index is 13.0. The van der Waals surface area contributed by atoms with Crippen LogP contribution in [-0.4, -0.2) is 71.3 Å². The third kappa shape index (κ3) is 8.58. The molecular formula is C49H57N5O5Si. The van der Waals surface area contributed by atoms with E-state index in [1.54, 1.807) is 17.0 Å². The van der Waals surface area contributed by atoms with Crippen LogP contribution < -0.4 is 15.8 Å². The van der Waals surface area contributed by atoms with Crippen LogP contribution in [-0.2, 0) is 17.5 Å². The van der Waals surface area contributed by atoms with Crippen LogP contribution in [0.15, 0.2) is 114 Å². The standard InChI is InChI=1S/C49H57N5O5Si/c1-49(2,3)60(4,5)59-45(39-16-19-44(55)47-40(39)17-20-46(56)51-47)31-50-30-34-14-18-41-37(28-34)23-27-53(41)24-9-10-33-13-15-38(35-11-7-6-8-12-35)42(29-33)54(48(57)58)43-32-52-25-21-36(43)22-26-52/h6-20,23,27-29,36,43,45,50,55H,21-22,24-26,30-32H2,1-5H3,(H,51,56)(H,57,58)/b10-9+/t43-,45-/m0/s1. The summed E-state index contributed by atoms with van der Waals surface area (Å²) in [7, 11) is -2.21. The molecule has 11 heteroatoms. The van der Waals surface area contributed by atoms with E-state index in [0.29, 0.717) is 31.1 Å². The molecule has 0 spiro atoms. The van der Waals surface area contributed by atoms with Gasteiger partial charge in [0.25, 0.3) is 0 Å². The SMILES string of the molecule is CC(C)(C)[Si](C)(C)O[C@@H](CNCc1ccc2c(ccn2C/C=C/c2ccc(-c3ccccc3)c(N(C(=O)O)[C@H]3CN4CCC3CC4)c2)c1)c1ccc(O)c2[nH]c(=O)ccc12. The summed E-state index contributed by atoms with van der Waals surface area (Å²) in [6, 6.07) is 31.7. The van der Waals surface area contributed by atoms with Crippen molar-refractivity contribution < 1.29 is 19.4 Å². The second-order valence-corrected chi connectivity index (χ2v) is 22.8. The third-order valence-corrected chi connectivity index (χ3v) is 17.6. The zero-order valence-electron chi connectivity index (χ0n) is 35.3. The lowest BCUT2D eigenvalue weighted by molar-refractivity contribution is 0.0838. The first kappa shape index (κ1) is 41.3. The summed E-state index contributed by atoms with van der Waals surface area (Å²) in [5, 5.41) is 26.8. The van der Waals surface area contributed by atoms with Gasteiger partial charge >= 0.3 is 6.09 Å². The number of aromatic amines is 1. The highest BCUT2D eigenvalue weighted by molar-refractivity contribution is 6.74. The minimum atomic E-state index is -2.21. The molecule has 1 amide bonds. The number of pyridine rings is 1. The van der Waals surface area contributed by atoms with Crippen molar-refractivity contribution in [2.45, 2.75) is 77.0 Å². The Hall–Kier alpha value is -5.46. The van der Waals surface area contributed by atoms with Crippen molar-refractivity contribution in [3.63, 3.8) is 0 Å². The fraction of sp³-hybridized carbons (Fsp3) is 0.347. The molecule has 5 heterocycles. The molecule has 2 atom stereocenters. The van der Waals surface area contributed by atoms with Gasteiger partial charge in [0, 0.05) is 54.9 Å².